The first-order valence-corrected chi connectivity index (χ1v) is 13.3. The van der Waals surface area contributed by atoms with Crippen LogP contribution >= 0.6 is 12.2 Å². The fourth-order valence-electron chi connectivity index (χ4n) is 5.35. The lowest BCUT2D eigenvalue weighted by Crippen LogP contribution is -2.33. The normalized spacial score (nSPS) is 16.9. The zero-order valence-corrected chi connectivity index (χ0v) is 23.0. The Labute approximate surface area is 229 Å². The van der Waals surface area contributed by atoms with Crippen molar-refractivity contribution in [3.05, 3.63) is 113 Å². The van der Waals surface area contributed by atoms with E-state index in [0.29, 0.717) is 18.1 Å². The van der Waals surface area contributed by atoms with Gasteiger partial charge in [0, 0.05) is 41.9 Å². The van der Waals surface area contributed by atoms with Crippen LogP contribution in [0, 0.1) is 27.7 Å². The van der Waals surface area contributed by atoms with E-state index in [2.05, 4.69) is 69.3 Å². The number of nitrogens with one attached hydrogen (secondary N) is 2. The molecule has 2 atom stereocenters. The standard InChI is InChI=1S/C31H33N5OS/c1-20-13-14-21(2)27(18-20)33-28(37)15-17-35-30(29(34-31(35)38)26-12-8-9-16-32-26)25-19-22(3)36(23(25)4)24-10-6-5-7-11-24/h5-14,16,18-19,29-30H,15,17H2,1-4H3,(H,33,37)(H,34,38). The van der Waals surface area contributed by atoms with Crippen molar-refractivity contribution in [3.8, 4) is 5.69 Å². The summed E-state index contributed by atoms with van der Waals surface area (Å²) in [6.07, 6.45) is 2.13. The minimum absolute atomic E-state index is 0.0312. The molecular formula is C31H33N5OS. The van der Waals surface area contributed by atoms with E-state index < -0.39 is 0 Å². The first kappa shape index (κ1) is 25.7. The maximum Gasteiger partial charge on any atom is 0.226 e. The molecule has 1 amide bonds. The SMILES string of the molecule is Cc1ccc(C)c(NC(=O)CCN2C(=S)NC(c3ccccn3)C2c2cc(C)n(-c3ccccc3)c2C)c1. The largest absolute Gasteiger partial charge is 0.352 e. The number of carbonyl (C=O) groups is 1. The molecule has 7 heteroatoms. The van der Waals surface area contributed by atoms with E-state index in [0.717, 1.165) is 39.6 Å². The molecule has 0 radical (unpaired) electrons. The highest BCUT2D eigenvalue weighted by Gasteiger charge is 2.41. The summed E-state index contributed by atoms with van der Waals surface area (Å²) >= 11 is 5.84. The monoisotopic (exact) mass is 523 g/mol. The second kappa shape index (κ2) is 10.8. The Morgan fingerprint density at radius 3 is 2.50 bits per heavy atom. The molecular weight excluding hydrogens is 490 g/mol. The molecule has 2 aromatic carbocycles. The van der Waals surface area contributed by atoms with Gasteiger partial charge >= 0.3 is 0 Å². The van der Waals surface area contributed by atoms with Crippen molar-refractivity contribution in [1.29, 1.82) is 0 Å². The van der Waals surface area contributed by atoms with Gasteiger partial charge in [0.05, 0.1) is 17.8 Å². The van der Waals surface area contributed by atoms with Crippen LogP contribution in [0.25, 0.3) is 5.69 Å². The third-order valence-corrected chi connectivity index (χ3v) is 7.60. The van der Waals surface area contributed by atoms with Crippen LogP contribution in [0.15, 0.2) is 79.0 Å². The van der Waals surface area contributed by atoms with Crippen molar-refractivity contribution in [2.45, 2.75) is 46.2 Å². The lowest BCUT2D eigenvalue weighted by molar-refractivity contribution is -0.116. The highest BCUT2D eigenvalue weighted by atomic mass is 32.1. The van der Waals surface area contributed by atoms with Crippen LogP contribution in [0.4, 0.5) is 5.69 Å². The molecule has 2 unspecified atom stereocenters. The van der Waals surface area contributed by atoms with Gasteiger partial charge in [0.2, 0.25) is 5.91 Å². The molecule has 194 valence electrons. The Kier molecular flexibility index (Phi) is 7.29. The van der Waals surface area contributed by atoms with E-state index >= 15 is 0 Å². The van der Waals surface area contributed by atoms with Gasteiger partial charge in [-0.05, 0) is 93.0 Å². The van der Waals surface area contributed by atoms with Crippen molar-refractivity contribution >= 4 is 28.9 Å². The summed E-state index contributed by atoms with van der Waals surface area (Å²) in [5, 5.41) is 7.23. The molecule has 0 saturated carbocycles. The molecule has 3 heterocycles. The van der Waals surface area contributed by atoms with E-state index in [1.807, 2.05) is 62.5 Å². The summed E-state index contributed by atoms with van der Waals surface area (Å²) in [5.74, 6) is -0.0312. The van der Waals surface area contributed by atoms with E-state index in [1.54, 1.807) is 0 Å². The molecule has 2 N–H and O–H groups in total. The summed E-state index contributed by atoms with van der Waals surface area (Å²) in [5.41, 5.74) is 8.52. The van der Waals surface area contributed by atoms with E-state index in [4.69, 9.17) is 12.2 Å². The van der Waals surface area contributed by atoms with E-state index in [1.165, 1.54) is 5.56 Å². The highest BCUT2D eigenvalue weighted by molar-refractivity contribution is 7.80. The number of benzene rings is 2. The van der Waals surface area contributed by atoms with Crippen LogP contribution in [-0.2, 0) is 4.79 Å². The van der Waals surface area contributed by atoms with Crippen LogP contribution in [0.3, 0.4) is 0 Å². The summed E-state index contributed by atoms with van der Waals surface area (Å²) in [6.45, 7) is 8.80. The minimum atomic E-state index is -0.129. The van der Waals surface area contributed by atoms with Gasteiger partial charge in [-0.2, -0.15) is 0 Å². The minimum Gasteiger partial charge on any atom is -0.352 e. The molecule has 6 nitrogen and oxygen atoms in total. The number of hydrogen-bond donors (Lipinski definition) is 2. The molecule has 38 heavy (non-hydrogen) atoms. The summed E-state index contributed by atoms with van der Waals surface area (Å²) < 4.78 is 2.28. The van der Waals surface area contributed by atoms with Gasteiger partial charge < -0.3 is 20.1 Å². The molecule has 0 bridgehead atoms. The molecule has 1 aliphatic rings. The summed E-state index contributed by atoms with van der Waals surface area (Å²) in [6, 6.07) is 24.4. The van der Waals surface area contributed by atoms with Gasteiger partial charge in [-0.25, -0.2) is 0 Å². The van der Waals surface area contributed by atoms with Gasteiger partial charge in [-0.15, -0.1) is 0 Å². The molecule has 0 aliphatic carbocycles. The van der Waals surface area contributed by atoms with Crippen molar-refractivity contribution < 1.29 is 4.79 Å². The molecule has 2 aromatic heterocycles. The summed E-state index contributed by atoms with van der Waals surface area (Å²) in [7, 11) is 0. The van der Waals surface area contributed by atoms with Crippen molar-refractivity contribution in [1.82, 2.24) is 19.8 Å². The van der Waals surface area contributed by atoms with Crippen LogP contribution < -0.4 is 10.6 Å². The number of para-hydroxylation sites is 1. The van der Waals surface area contributed by atoms with Crippen molar-refractivity contribution in [2.75, 3.05) is 11.9 Å². The fraction of sp³-hybridized carbons (Fsp3) is 0.258. The zero-order chi connectivity index (χ0) is 26.8. The van der Waals surface area contributed by atoms with Gasteiger partial charge in [0.25, 0.3) is 0 Å². The second-order valence-corrected chi connectivity index (χ2v) is 10.3. The Balaban J connectivity index is 1.46. The highest BCUT2D eigenvalue weighted by Crippen LogP contribution is 2.41. The number of hydrogen-bond acceptors (Lipinski definition) is 3. The molecule has 1 fully saturated rings. The maximum absolute atomic E-state index is 13.0. The Morgan fingerprint density at radius 2 is 1.76 bits per heavy atom. The Morgan fingerprint density at radius 1 is 1.00 bits per heavy atom. The van der Waals surface area contributed by atoms with E-state index in [9.17, 15) is 4.79 Å². The van der Waals surface area contributed by atoms with Gasteiger partial charge in [0.15, 0.2) is 5.11 Å². The maximum atomic E-state index is 13.0. The first-order valence-electron chi connectivity index (χ1n) is 12.9. The van der Waals surface area contributed by atoms with Gasteiger partial charge in [-0.3, -0.25) is 9.78 Å². The number of thiocarbonyl (C=S) groups is 1. The first-order chi connectivity index (χ1) is 18.3. The number of nitrogens with zero attached hydrogens (tertiary/aromatic N) is 3. The summed E-state index contributed by atoms with van der Waals surface area (Å²) in [4.78, 5) is 19.8. The zero-order valence-electron chi connectivity index (χ0n) is 22.2. The number of aryl methyl sites for hydroxylation is 3. The lowest BCUT2D eigenvalue weighted by Gasteiger charge is -2.28. The molecule has 5 rings (SSSR count). The number of pyridine rings is 1. The quantitative estimate of drug-likeness (QED) is 0.286. The number of carbonyl (C=O) groups excluding carboxylic acids is 1. The lowest BCUT2D eigenvalue weighted by atomic mass is 9.96. The predicted octanol–water partition coefficient (Wildman–Crippen LogP) is 6.11. The predicted molar refractivity (Wildman–Crippen MR) is 157 cm³/mol. The van der Waals surface area contributed by atoms with Gasteiger partial charge in [-0.1, -0.05) is 36.4 Å². The second-order valence-electron chi connectivity index (χ2n) is 9.93. The third kappa shape index (κ3) is 5.07. The Bertz CT molecular complexity index is 1460. The number of aromatic nitrogens is 2. The topological polar surface area (TPSA) is 62.2 Å². The number of rotatable bonds is 7. The fourth-order valence-corrected chi connectivity index (χ4v) is 5.68. The number of anilines is 1. The van der Waals surface area contributed by atoms with Crippen molar-refractivity contribution in [3.63, 3.8) is 0 Å². The third-order valence-electron chi connectivity index (χ3n) is 7.25. The molecule has 1 saturated heterocycles. The average Bonchev–Trinajstić information content (AvgIpc) is 3.40. The van der Waals surface area contributed by atoms with Crippen molar-refractivity contribution in [2.24, 2.45) is 0 Å². The molecule has 1 aliphatic heterocycles. The van der Waals surface area contributed by atoms with E-state index in [-0.39, 0.29) is 18.0 Å². The smallest absolute Gasteiger partial charge is 0.226 e. The Hall–Kier alpha value is -3.97. The number of amides is 1. The van der Waals surface area contributed by atoms with Crippen LogP contribution in [0.1, 0.15) is 52.3 Å². The average molecular weight is 524 g/mol. The van der Waals surface area contributed by atoms with Gasteiger partial charge in [0.1, 0.15) is 0 Å². The van der Waals surface area contributed by atoms with Crippen LogP contribution in [0.2, 0.25) is 0 Å². The molecule has 4 aromatic rings. The van der Waals surface area contributed by atoms with Crippen LogP contribution in [-0.4, -0.2) is 32.0 Å². The molecule has 0 spiro atoms. The van der Waals surface area contributed by atoms with Crippen LogP contribution in [0.5, 0.6) is 0 Å².